The Morgan fingerprint density at radius 2 is 1.90 bits per heavy atom. The number of amides is 1. The molecule has 0 aliphatic heterocycles. The van der Waals surface area contributed by atoms with Gasteiger partial charge in [0, 0.05) is 18.0 Å². The summed E-state index contributed by atoms with van der Waals surface area (Å²) in [4.78, 5) is 20.3. The lowest BCUT2D eigenvalue weighted by Gasteiger charge is -2.12. The molecule has 4 aromatic rings. The van der Waals surface area contributed by atoms with E-state index in [0.29, 0.717) is 16.8 Å². The van der Waals surface area contributed by atoms with E-state index in [1.807, 2.05) is 22.8 Å². The lowest BCUT2D eigenvalue weighted by molar-refractivity contribution is -0.114. The third-order valence-corrected chi connectivity index (χ3v) is 5.36. The first kappa shape index (κ1) is 19.8. The van der Waals surface area contributed by atoms with Crippen molar-refractivity contribution in [2.75, 3.05) is 11.1 Å². The molecule has 0 aliphatic carbocycles. The molecule has 0 unspecified atom stereocenters. The molecule has 9 nitrogen and oxygen atoms in total. The van der Waals surface area contributed by atoms with Crippen molar-refractivity contribution in [2.24, 2.45) is 0 Å². The van der Waals surface area contributed by atoms with Crippen LogP contribution in [0.4, 0.5) is 6.01 Å². The molecule has 10 heteroatoms. The van der Waals surface area contributed by atoms with E-state index < -0.39 is 0 Å². The van der Waals surface area contributed by atoms with Gasteiger partial charge in [0.2, 0.25) is 5.91 Å². The van der Waals surface area contributed by atoms with Gasteiger partial charge in [-0.15, -0.1) is 10.2 Å². The van der Waals surface area contributed by atoms with Crippen LogP contribution >= 0.6 is 11.8 Å². The molecule has 1 amide bonds. The molecule has 3 aromatic heterocycles. The van der Waals surface area contributed by atoms with Gasteiger partial charge in [0.25, 0.3) is 0 Å². The second-order valence-electron chi connectivity index (χ2n) is 6.63. The van der Waals surface area contributed by atoms with Gasteiger partial charge in [0.1, 0.15) is 0 Å². The second-order valence-corrected chi connectivity index (χ2v) is 7.57. The van der Waals surface area contributed by atoms with Crippen LogP contribution in [0.2, 0.25) is 0 Å². The van der Waals surface area contributed by atoms with E-state index >= 15 is 0 Å². The van der Waals surface area contributed by atoms with Crippen molar-refractivity contribution in [1.82, 2.24) is 29.9 Å². The molecule has 152 valence electrons. The zero-order valence-corrected chi connectivity index (χ0v) is 17.5. The second kappa shape index (κ2) is 8.46. The fourth-order valence-corrected chi connectivity index (χ4v) is 3.53. The van der Waals surface area contributed by atoms with E-state index in [0.717, 1.165) is 16.8 Å². The standard InChI is InChI=1S/C20H19N7O2S/c1-12-4-5-16(10-13(12)2)27-18(15-6-8-21-9-7-15)24-25-20(27)30-11-17(28)23-19-22-14(3)26-29-19/h4-10H,11H2,1-3H3,(H,22,23,26,28). The van der Waals surface area contributed by atoms with Gasteiger partial charge in [0.05, 0.1) is 11.4 Å². The molecule has 0 fully saturated rings. The van der Waals surface area contributed by atoms with E-state index in [2.05, 4.69) is 56.6 Å². The van der Waals surface area contributed by atoms with Crippen molar-refractivity contribution < 1.29 is 9.32 Å². The molecule has 30 heavy (non-hydrogen) atoms. The van der Waals surface area contributed by atoms with Crippen LogP contribution in [-0.4, -0.2) is 41.5 Å². The summed E-state index contributed by atoms with van der Waals surface area (Å²) in [5, 5.41) is 15.5. The third-order valence-electron chi connectivity index (χ3n) is 4.43. The normalized spacial score (nSPS) is 10.9. The zero-order valence-electron chi connectivity index (χ0n) is 16.7. The first-order valence-electron chi connectivity index (χ1n) is 9.17. The van der Waals surface area contributed by atoms with Gasteiger partial charge < -0.3 is 4.52 Å². The first-order valence-corrected chi connectivity index (χ1v) is 10.2. The van der Waals surface area contributed by atoms with Crippen molar-refractivity contribution in [1.29, 1.82) is 0 Å². The van der Waals surface area contributed by atoms with Crippen LogP contribution in [0.5, 0.6) is 0 Å². The summed E-state index contributed by atoms with van der Waals surface area (Å²) in [6, 6.07) is 9.98. The molecule has 4 rings (SSSR count). The van der Waals surface area contributed by atoms with Crippen LogP contribution in [0.25, 0.3) is 17.1 Å². The summed E-state index contributed by atoms with van der Waals surface area (Å²) in [5.41, 5.74) is 4.15. The number of aryl methyl sites for hydroxylation is 3. The number of nitrogens with zero attached hydrogens (tertiary/aromatic N) is 6. The summed E-state index contributed by atoms with van der Waals surface area (Å²) in [7, 11) is 0. The number of hydrogen-bond acceptors (Lipinski definition) is 8. The molecule has 3 heterocycles. The van der Waals surface area contributed by atoms with Crippen LogP contribution < -0.4 is 5.32 Å². The number of thioether (sulfide) groups is 1. The van der Waals surface area contributed by atoms with Crippen LogP contribution in [0, 0.1) is 20.8 Å². The molecule has 1 aromatic carbocycles. The third kappa shape index (κ3) is 4.23. The minimum atomic E-state index is -0.274. The fraction of sp³-hybridized carbons (Fsp3) is 0.200. The Bertz CT molecular complexity index is 1190. The number of anilines is 1. The Balaban J connectivity index is 1.63. The molecule has 0 saturated heterocycles. The number of hydrogen-bond donors (Lipinski definition) is 1. The lowest BCUT2D eigenvalue weighted by atomic mass is 10.1. The summed E-state index contributed by atoms with van der Waals surface area (Å²) in [6.07, 6.45) is 3.42. The summed E-state index contributed by atoms with van der Waals surface area (Å²) < 4.78 is 6.87. The van der Waals surface area contributed by atoms with Gasteiger partial charge in [0.15, 0.2) is 16.8 Å². The molecule has 1 N–H and O–H groups in total. The van der Waals surface area contributed by atoms with Crippen LogP contribution in [0.15, 0.2) is 52.4 Å². The molecule has 0 bridgehead atoms. The smallest absolute Gasteiger partial charge is 0.315 e. The number of rotatable bonds is 6. The predicted octanol–water partition coefficient (Wildman–Crippen LogP) is 3.37. The number of aromatic nitrogens is 6. The maximum atomic E-state index is 12.3. The Hall–Kier alpha value is -3.53. The molecule has 0 spiro atoms. The van der Waals surface area contributed by atoms with Gasteiger partial charge in [-0.2, -0.15) is 4.98 Å². The molecule has 0 aliphatic rings. The average Bonchev–Trinajstić information content (AvgIpc) is 3.35. The van der Waals surface area contributed by atoms with Crippen molar-refractivity contribution in [3.05, 3.63) is 59.7 Å². The average molecular weight is 421 g/mol. The summed E-state index contributed by atoms with van der Waals surface area (Å²) >= 11 is 1.27. The zero-order chi connectivity index (χ0) is 21.1. The van der Waals surface area contributed by atoms with Gasteiger partial charge in [-0.25, -0.2) is 0 Å². The largest absolute Gasteiger partial charge is 0.328 e. The molecular weight excluding hydrogens is 402 g/mol. The van der Waals surface area contributed by atoms with E-state index in [9.17, 15) is 4.79 Å². The SMILES string of the molecule is Cc1noc(NC(=O)CSc2nnc(-c3ccncc3)n2-c2ccc(C)c(C)c2)n1. The van der Waals surface area contributed by atoms with E-state index in [1.54, 1.807) is 19.3 Å². The van der Waals surface area contributed by atoms with Gasteiger partial charge >= 0.3 is 6.01 Å². The molecule has 0 atom stereocenters. The summed E-state index contributed by atoms with van der Waals surface area (Å²) in [5.74, 6) is 0.968. The minimum Gasteiger partial charge on any atom is -0.315 e. The maximum absolute atomic E-state index is 12.3. The molecule has 0 saturated carbocycles. The Morgan fingerprint density at radius 1 is 1.10 bits per heavy atom. The highest BCUT2D eigenvalue weighted by Gasteiger charge is 2.18. The quantitative estimate of drug-likeness (QED) is 0.472. The lowest BCUT2D eigenvalue weighted by Crippen LogP contribution is -2.15. The van der Waals surface area contributed by atoms with Gasteiger partial charge in [-0.1, -0.05) is 23.0 Å². The monoisotopic (exact) mass is 421 g/mol. The Kier molecular flexibility index (Phi) is 5.57. The number of nitrogens with one attached hydrogen (secondary N) is 1. The highest BCUT2D eigenvalue weighted by molar-refractivity contribution is 7.99. The van der Waals surface area contributed by atoms with E-state index in [4.69, 9.17) is 4.52 Å². The van der Waals surface area contributed by atoms with Crippen LogP contribution in [0.3, 0.4) is 0 Å². The Morgan fingerprint density at radius 3 is 2.60 bits per heavy atom. The highest BCUT2D eigenvalue weighted by atomic mass is 32.2. The minimum absolute atomic E-state index is 0.0752. The highest BCUT2D eigenvalue weighted by Crippen LogP contribution is 2.28. The predicted molar refractivity (Wildman–Crippen MR) is 112 cm³/mol. The molecule has 0 radical (unpaired) electrons. The Labute approximate surface area is 176 Å². The van der Waals surface area contributed by atoms with Crippen LogP contribution in [0.1, 0.15) is 17.0 Å². The van der Waals surface area contributed by atoms with Crippen molar-refractivity contribution >= 4 is 23.7 Å². The van der Waals surface area contributed by atoms with Gasteiger partial charge in [-0.3, -0.25) is 19.7 Å². The van der Waals surface area contributed by atoms with Gasteiger partial charge in [-0.05, 0) is 56.2 Å². The summed E-state index contributed by atoms with van der Waals surface area (Å²) in [6.45, 7) is 5.80. The topological polar surface area (TPSA) is 112 Å². The van der Waals surface area contributed by atoms with Crippen molar-refractivity contribution in [3.63, 3.8) is 0 Å². The maximum Gasteiger partial charge on any atom is 0.328 e. The number of pyridine rings is 1. The van der Waals surface area contributed by atoms with E-state index in [-0.39, 0.29) is 17.7 Å². The first-order chi connectivity index (χ1) is 14.5. The number of carbonyl (C=O) groups excluding carboxylic acids is 1. The molecular formula is C20H19N7O2S. The fourth-order valence-electron chi connectivity index (χ4n) is 2.78. The number of benzene rings is 1. The van der Waals surface area contributed by atoms with Crippen molar-refractivity contribution in [3.8, 4) is 17.1 Å². The number of carbonyl (C=O) groups is 1. The van der Waals surface area contributed by atoms with Crippen molar-refractivity contribution in [2.45, 2.75) is 25.9 Å². The van der Waals surface area contributed by atoms with E-state index in [1.165, 1.54) is 17.3 Å². The van der Waals surface area contributed by atoms with Crippen LogP contribution in [-0.2, 0) is 4.79 Å².